The molecule has 1 heterocycles. The van der Waals surface area contributed by atoms with Gasteiger partial charge in [-0.2, -0.15) is 0 Å². The van der Waals surface area contributed by atoms with Gasteiger partial charge in [-0.1, -0.05) is 0 Å². The van der Waals surface area contributed by atoms with Crippen molar-refractivity contribution >= 4 is 10.2 Å². The minimum absolute atomic E-state index is 0.230. The highest BCUT2D eigenvalue weighted by molar-refractivity contribution is 6.14. The first kappa shape index (κ1) is 9.78. The fourth-order valence-electron chi connectivity index (χ4n) is 1.55. The van der Waals surface area contributed by atoms with E-state index in [0.29, 0.717) is 0 Å². The van der Waals surface area contributed by atoms with Crippen LogP contribution in [-0.2, 0) is 4.74 Å². The summed E-state index contributed by atoms with van der Waals surface area (Å²) in [5, 5.41) is 0.230. The number of hydrogen-bond donors (Lipinski definition) is 0. The van der Waals surface area contributed by atoms with Gasteiger partial charge in [0.2, 0.25) is 0 Å². The summed E-state index contributed by atoms with van der Waals surface area (Å²) in [6, 6.07) is 0. The summed E-state index contributed by atoms with van der Waals surface area (Å²) >= 11 is 0. The molecule has 0 bridgehead atoms. The summed E-state index contributed by atoms with van der Waals surface area (Å²) in [4.78, 5) is 0. The Bertz CT molecular complexity index is 186. The van der Waals surface area contributed by atoms with Crippen LogP contribution in [0, 0.1) is 0 Å². The van der Waals surface area contributed by atoms with E-state index in [1.807, 2.05) is 13.0 Å². The monoisotopic (exact) mass is 182 g/mol. The van der Waals surface area contributed by atoms with Crippen molar-refractivity contribution in [1.82, 2.24) is 0 Å². The zero-order chi connectivity index (χ0) is 8.86. The van der Waals surface area contributed by atoms with Crippen LogP contribution in [0.2, 0.25) is 0 Å². The maximum Gasteiger partial charge on any atom is 0.0525 e. The number of ether oxygens (including phenoxy) is 1. The molecular formula is C10H18OSi. The summed E-state index contributed by atoms with van der Waals surface area (Å²) in [5.41, 5.74) is 3.11. The third kappa shape index (κ3) is 2.98. The van der Waals surface area contributed by atoms with Crippen molar-refractivity contribution in [3.8, 4) is 0 Å². The molecule has 1 atom stereocenters. The SMILES string of the molecule is CC=C=CCC1([SiH3])CCCCO1. The molecule has 0 aromatic carbocycles. The molecule has 0 aromatic rings. The van der Waals surface area contributed by atoms with Crippen LogP contribution in [-0.4, -0.2) is 22.1 Å². The lowest BCUT2D eigenvalue weighted by molar-refractivity contribution is -0.0151. The molecule has 0 amide bonds. The fourth-order valence-corrected chi connectivity index (χ4v) is 2.31. The van der Waals surface area contributed by atoms with Crippen LogP contribution in [0.25, 0.3) is 0 Å². The molecular weight excluding hydrogens is 164 g/mol. The van der Waals surface area contributed by atoms with E-state index in [2.05, 4.69) is 11.8 Å². The van der Waals surface area contributed by atoms with Gasteiger partial charge >= 0.3 is 0 Å². The van der Waals surface area contributed by atoms with E-state index in [4.69, 9.17) is 4.74 Å². The molecule has 1 saturated heterocycles. The van der Waals surface area contributed by atoms with Crippen molar-refractivity contribution in [2.75, 3.05) is 6.61 Å². The fraction of sp³-hybridized carbons (Fsp3) is 0.700. The molecule has 1 aliphatic heterocycles. The standard InChI is InChI=1S/C10H18OSi/c1-2-3-4-7-10(12)8-5-6-9-11-10/h2,4H,5-9H2,1,12H3. The molecule has 1 nitrogen and oxygen atoms in total. The van der Waals surface area contributed by atoms with Crippen LogP contribution in [0.4, 0.5) is 0 Å². The van der Waals surface area contributed by atoms with Gasteiger partial charge < -0.3 is 4.74 Å². The summed E-state index contributed by atoms with van der Waals surface area (Å²) < 4.78 is 5.79. The molecule has 1 rings (SSSR count). The van der Waals surface area contributed by atoms with Crippen molar-refractivity contribution < 1.29 is 4.74 Å². The van der Waals surface area contributed by atoms with E-state index in [1.165, 1.54) is 19.3 Å². The maximum atomic E-state index is 5.79. The Morgan fingerprint density at radius 1 is 1.58 bits per heavy atom. The van der Waals surface area contributed by atoms with Crippen molar-refractivity contribution in [2.24, 2.45) is 0 Å². The van der Waals surface area contributed by atoms with Gasteiger partial charge in [-0.25, -0.2) is 0 Å². The van der Waals surface area contributed by atoms with Gasteiger partial charge in [0.05, 0.1) is 5.22 Å². The first-order valence-corrected chi connectivity index (χ1v) is 5.76. The normalized spacial score (nSPS) is 29.4. The molecule has 0 N–H and O–H groups in total. The van der Waals surface area contributed by atoms with Crippen LogP contribution in [0.15, 0.2) is 17.9 Å². The average molecular weight is 182 g/mol. The van der Waals surface area contributed by atoms with Gasteiger partial charge in [0, 0.05) is 16.8 Å². The maximum absolute atomic E-state index is 5.79. The molecule has 0 aliphatic carbocycles. The highest BCUT2D eigenvalue weighted by Crippen LogP contribution is 2.24. The zero-order valence-corrected chi connectivity index (χ0v) is 10.1. The van der Waals surface area contributed by atoms with E-state index >= 15 is 0 Å². The number of hydrogen-bond acceptors (Lipinski definition) is 1. The van der Waals surface area contributed by atoms with Crippen LogP contribution < -0.4 is 0 Å². The van der Waals surface area contributed by atoms with Crippen LogP contribution in [0.3, 0.4) is 0 Å². The molecule has 0 radical (unpaired) electrons. The predicted molar refractivity (Wildman–Crippen MR) is 55.4 cm³/mol. The highest BCUT2D eigenvalue weighted by Gasteiger charge is 2.25. The Morgan fingerprint density at radius 2 is 2.42 bits per heavy atom. The molecule has 2 heteroatoms. The zero-order valence-electron chi connectivity index (χ0n) is 8.10. The van der Waals surface area contributed by atoms with Crippen LogP contribution in [0.1, 0.15) is 32.6 Å². The minimum Gasteiger partial charge on any atom is -0.379 e. The third-order valence-corrected chi connectivity index (χ3v) is 3.57. The first-order chi connectivity index (χ1) is 5.77. The molecule has 0 aromatic heterocycles. The topological polar surface area (TPSA) is 9.23 Å². The van der Waals surface area contributed by atoms with Crippen LogP contribution in [0.5, 0.6) is 0 Å². The minimum atomic E-state index is 0.230. The van der Waals surface area contributed by atoms with E-state index in [1.54, 1.807) is 0 Å². The lowest BCUT2D eigenvalue weighted by Gasteiger charge is -2.32. The predicted octanol–water partition coefficient (Wildman–Crippen LogP) is 1.37. The largest absolute Gasteiger partial charge is 0.379 e. The van der Waals surface area contributed by atoms with Crippen molar-refractivity contribution in [3.63, 3.8) is 0 Å². The molecule has 1 aliphatic rings. The van der Waals surface area contributed by atoms with Gasteiger partial charge in [-0.3, -0.25) is 0 Å². The second-order valence-electron chi connectivity index (χ2n) is 3.62. The van der Waals surface area contributed by atoms with Crippen LogP contribution >= 0.6 is 0 Å². The Hall–Kier alpha value is -0.303. The molecule has 1 fully saturated rings. The van der Waals surface area contributed by atoms with Gasteiger partial charge in [-0.05, 0) is 44.8 Å². The Morgan fingerprint density at radius 3 is 3.00 bits per heavy atom. The van der Waals surface area contributed by atoms with E-state index in [9.17, 15) is 0 Å². The van der Waals surface area contributed by atoms with Gasteiger partial charge in [0.25, 0.3) is 0 Å². The van der Waals surface area contributed by atoms with Crippen molar-refractivity contribution in [3.05, 3.63) is 17.9 Å². The lowest BCUT2D eigenvalue weighted by atomic mass is 10.1. The molecule has 1 unspecified atom stereocenters. The van der Waals surface area contributed by atoms with Crippen molar-refractivity contribution in [2.45, 2.75) is 37.8 Å². The molecule has 0 saturated carbocycles. The quantitative estimate of drug-likeness (QED) is 0.463. The Kier molecular flexibility index (Phi) is 3.80. The second-order valence-corrected chi connectivity index (χ2v) is 5.44. The Labute approximate surface area is 77.9 Å². The smallest absolute Gasteiger partial charge is 0.0525 e. The number of rotatable bonds is 2. The lowest BCUT2D eigenvalue weighted by Crippen LogP contribution is -2.36. The average Bonchev–Trinajstić information content (AvgIpc) is 2.06. The molecule has 12 heavy (non-hydrogen) atoms. The third-order valence-electron chi connectivity index (χ3n) is 2.37. The molecule has 68 valence electrons. The van der Waals surface area contributed by atoms with Gasteiger partial charge in [-0.15, -0.1) is 5.73 Å². The van der Waals surface area contributed by atoms with Crippen molar-refractivity contribution in [1.29, 1.82) is 0 Å². The van der Waals surface area contributed by atoms with Gasteiger partial charge in [0.15, 0.2) is 0 Å². The summed E-state index contributed by atoms with van der Waals surface area (Å²) in [5.74, 6) is 0. The first-order valence-electron chi connectivity index (χ1n) is 4.76. The Balaban J connectivity index is 2.41. The van der Waals surface area contributed by atoms with E-state index < -0.39 is 0 Å². The van der Waals surface area contributed by atoms with E-state index in [-0.39, 0.29) is 5.22 Å². The van der Waals surface area contributed by atoms with E-state index in [0.717, 1.165) is 23.3 Å². The summed E-state index contributed by atoms with van der Waals surface area (Å²) in [6.45, 7) is 2.96. The molecule has 0 spiro atoms. The highest BCUT2D eigenvalue weighted by atomic mass is 28.1. The summed E-state index contributed by atoms with van der Waals surface area (Å²) in [7, 11) is 1.14. The van der Waals surface area contributed by atoms with Gasteiger partial charge in [0.1, 0.15) is 0 Å². The second kappa shape index (κ2) is 4.66. The summed E-state index contributed by atoms with van der Waals surface area (Å²) in [6.07, 6.45) is 8.96.